The number of rotatable bonds is 3. The Bertz CT molecular complexity index is 1140. The molecule has 27 heavy (non-hydrogen) atoms. The molecule has 4 aromatic rings. The van der Waals surface area contributed by atoms with Gasteiger partial charge in [-0.25, -0.2) is 0 Å². The Hall–Kier alpha value is -2.04. The standard InChI is InChI=1S/C23H23BrN2O/c1-13(2)14-3-4-20-19(11-14)18-5-7-25-21(22(18)26-20)12-16-10-17(24)9-15-6-8-27-23(15)16/h3-4,6,8-11,13,21,25-26H,5,7,12H2,1-2H3. The minimum Gasteiger partial charge on any atom is -0.464 e. The number of hydrogen-bond acceptors (Lipinski definition) is 2. The predicted octanol–water partition coefficient (Wildman–Crippen LogP) is 6.23. The molecule has 2 N–H and O–H groups in total. The summed E-state index contributed by atoms with van der Waals surface area (Å²) in [4.78, 5) is 3.70. The minimum atomic E-state index is 0.270. The fourth-order valence-electron chi connectivity index (χ4n) is 4.35. The van der Waals surface area contributed by atoms with Gasteiger partial charge < -0.3 is 14.7 Å². The second kappa shape index (κ2) is 6.54. The molecule has 1 aliphatic heterocycles. The Labute approximate surface area is 167 Å². The quantitative estimate of drug-likeness (QED) is 0.410. The molecule has 138 valence electrons. The number of halogens is 1. The molecular formula is C23H23BrN2O. The van der Waals surface area contributed by atoms with E-state index in [2.05, 4.69) is 70.4 Å². The molecule has 1 aliphatic rings. The minimum absolute atomic E-state index is 0.270. The van der Waals surface area contributed by atoms with Crippen molar-refractivity contribution < 1.29 is 4.42 Å². The summed E-state index contributed by atoms with van der Waals surface area (Å²) in [5, 5.41) is 6.25. The molecule has 5 rings (SSSR count). The highest BCUT2D eigenvalue weighted by Crippen LogP contribution is 2.35. The highest BCUT2D eigenvalue weighted by Gasteiger charge is 2.25. The second-order valence-electron chi connectivity index (χ2n) is 7.84. The van der Waals surface area contributed by atoms with Crippen molar-refractivity contribution in [1.29, 1.82) is 0 Å². The van der Waals surface area contributed by atoms with Crippen LogP contribution >= 0.6 is 15.9 Å². The van der Waals surface area contributed by atoms with Crippen LogP contribution in [0.4, 0.5) is 0 Å². The largest absolute Gasteiger partial charge is 0.464 e. The number of hydrogen-bond donors (Lipinski definition) is 2. The fourth-order valence-corrected chi connectivity index (χ4v) is 4.87. The zero-order valence-corrected chi connectivity index (χ0v) is 17.2. The molecule has 1 atom stereocenters. The van der Waals surface area contributed by atoms with Gasteiger partial charge in [0.2, 0.25) is 0 Å². The lowest BCUT2D eigenvalue weighted by atomic mass is 9.93. The molecule has 3 nitrogen and oxygen atoms in total. The Morgan fingerprint density at radius 2 is 2.07 bits per heavy atom. The van der Waals surface area contributed by atoms with E-state index in [-0.39, 0.29) is 6.04 Å². The molecule has 2 aromatic carbocycles. The van der Waals surface area contributed by atoms with E-state index < -0.39 is 0 Å². The zero-order valence-electron chi connectivity index (χ0n) is 15.6. The maximum absolute atomic E-state index is 5.78. The first-order valence-electron chi connectivity index (χ1n) is 9.63. The van der Waals surface area contributed by atoms with Crippen LogP contribution in [0.2, 0.25) is 0 Å². The maximum Gasteiger partial charge on any atom is 0.137 e. The van der Waals surface area contributed by atoms with E-state index in [1.165, 1.54) is 33.3 Å². The van der Waals surface area contributed by atoms with Gasteiger partial charge in [-0.1, -0.05) is 35.8 Å². The SMILES string of the molecule is CC(C)c1ccc2[nH]c3c(c2c1)CCNC3Cc1cc(Br)cc2ccoc12. The molecule has 3 heterocycles. The summed E-state index contributed by atoms with van der Waals surface area (Å²) >= 11 is 3.64. The second-order valence-corrected chi connectivity index (χ2v) is 8.76. The molecule has 0 aliphatic carbocycles. The number of H-pyrrole nitrogens is 1. The lowest BCUT2D eigenvalue weighted by Gasteiger charge is -2.24. The van der Waals surface area contributed by atoms with E-state index in [9.17, 15) is 0 Å². The summed E-state index contributed by atoms with van der Waals surface area (Å²) in [6, 6.07) is 13.5. The van der Waals surface area contributed by atoms with Crippen LogP contribution in [0.25, 0.3) is 21.9 Å². The molecule has 2 aromatic heterocycles. The van der Waals surface area contributed by atoms with Gasteiger partial charge in [-0.15, -0.1) is 0 Å². The zero-order chi connectivity index (χ0) is 18.5. The third kappa shape index (κ3) is 2.91. The van der Waals surface area contributed by atoms with Crippen molar-refractivity contribution in [3.05, 3.63) is 69.5 Å². The van der Waals surface area contributed by atoms with Crippen LogP contribution in [0.15, 0.2) is 51.6 Å². The molecule has 0 amide bonds. The number of furan rings is 1. The molecule has 4 heteroatoms. The van der Waals surface area contributed by atoms with Crippen LogP contribution in [0.3, 0.4) is 0 Å². The Kier molecular flexibility index (Phi) is 4.14. The third-order valence-corrected chi connectivity index (χ3v) is 6.22. The molecule has 0 fully saturated rings. The van der Waals surface area contributed by atoms with Gasteiger partial charge in [0.15, 0.2) is 0 Å². The average molecular weight is 423 g/mol. The molecule has 0 radical (unpaired) electrons. The van der Waals surface area contributed by atoms with Crippen molar-refractivity contribution in [3.63, 3.8) is 0 Å². The number of aromatic amines is 1. The maximum atomic E-state index is 5.78. The van der Waals surface area contributed by atoms with Gasteiger partial charge in [-0.3, -0.25) is 0 Å². The average Bonchev–Trinajstić information content (AvgIpc) is 3.26. The fraction of sp³-hybridized carbons (Fsp3) is 0.304. The van der Waals surface area contributed by atoms with E-state index in [1.54, 1.807) is 6.26 Å². The van der Waals surface area contributed by atoms with Crippen LogP contribution < -0.4 is 5.32 Å². The smallest absolute Gasteiger partial charge is 0.137 e. The van der Waals surface area contributed by atoms with Crippen molar-refractivity contribution in [2.24, 2.45) is 0 Å². The predicted molar refractivity (Wildman–Crippen MR) is 114 cm³/mol. The highest BCUT2D eigenvalue weighted by atomic mass is 79.9. The van der Waals surface area contributed by atoms with Gasteiger partial charge in [0, 0.05) is 26.5 Å². The summed E-state index contributed by atoms with van der Waals surface area (Å²) in [7, 11) is 0. The number of benzene rings is 2. The number of fused-ring (bicyclic) bond motifs is 4. The topological polar surface area (TPSA) is 41.0 Å². The van der Waals surface area contributed by atoms with Gasteiger partial charge in [0.1, 0.15) is 5.58 Å². The van der Waals surface area contributed by atoms with E-state index >= 15 is 0 Å². The summed E-state index contributed by atoms with van der Waals surface area (Å²) in [6.07, 6.45) is 3.75. The lowest BCUT2D eigenvalue weighted by molar-refractivity contribution is 0.492. The van der Waals surface area contributed by atoms with Gasteiger partial charge >= 0.3 is 0 Å². The number of aromatic nitrogens is 1. The Balaban J connectivity index is 1.58. The van der Waals surface area contributed by atoms with Crippen molar-refractivity contribution in [2.75, 3.05) is 6.54 Å². The molecular weight excluding hydrogens is 400 g/mol. The van der Waals surface area contributed by atoms with Crippen molar-refractivity contribution >= 4 is 37.8 Å². The van der Waals surface area contributed by atoms with Crippen LogP contribution in [0.1, 0.15) is 48.2 Å². The first-order valence-corrected chi connectivity index (χ1v) is 10.4. The summed E-state index contributed by atoms with van der Waals surface area (Å²) in [5.74, 6) is 0.548. The Morgan fingerprint density at radius 3 is 2.93 bits per heavy atom. The van der Waals surface area contributed by atoms with Crippen molar-refractivity contribution in [1.82, 2.24) is 10.3 Å². The van der Waals surface area contributed by atoms with Gasteiger partial charge in [-0.2, -0.15) is 0 Å². The summed E-state index contributed by atoms with van der Waals surface area (Å²) in [6.45, 7) is 5.52. The Morgan fingerprint density at radius 1 is 1.19 bits per heavy atom. The van der Waals surface area contributed by atoms with E-state index in [1.807, 2.05) is 6.07 Å². The monoisotopic (exact) mass is 422 g/mol. The highest BCUT2D eigenvalue weighted by molar-refractivity contribution is 9.10. The summed E-state index contributed by atoms with van der Waals surface area (Å²) < 4.78 is 6.87. The lowest BCUT2D eigenvalue weighted by Crippen LogP contribution is -2.31. The first kappa shape index (κ1) is 17.1. The van der Waals surface area contributed by atoms with E-state index in [0.717, 1.165) is 34.8 Å². The van der Waals surface area contributed by atoms with Crippen molar-refractivity contribution in [3.8, 4) is 0 Å². The van der Waals surface area contributed by atoms with Gasteiger partial charge in [0.25, 0.3) is 0 Å². The van der Waals surface area contributed by atoms with E-state index in [0.29, 0.717) is 5.92 Å². The number of nitrogens with one attached hydrogen (secondary N) is 2. The third-order valence-electron chi connectivity index (χ3n) is 5.76. The van der Waals surface area contributed by atoms with E-state index in [4.69, 9.17) is 4.42 Å². The van der Waals surface area contributed by atoms with Gasteiger partial charge in [0.05, 0.1) is 12.3 Å². The van der Waals surface area contributed by atoms with Gasteiger partial charge in [-0.05, 0) is 72.3 Å². The normalized spacial score (nSPS) is 17.1. The molecule has 0 saturated carbocycles. The molecule has 0 saturated heterocycles. The van der Waals surface area contributed by atoms with Crippen LogP contribution in [-0.4, -0.2) is 11.5 Å². The molecule has 0 spiro atoms. The van der Waals surface area contributed by atoms with Crippen LogP contribution in [0, 0.1) is 0 Å². The van der Waals surface area contributed by atoms with Crippen LogP contribution in [0.5, 0.6) is 0 Å². The molecule has 1 unspecified atom stereocenters. The summed E-state index contributed by atoms with van der Waals surface area (Å²) in [5.41, 5.74) is 7.68. The van der Waals surface area contributed by atoms with Crippen molar-refractivity contribution in [2.45, 2.75) is 38.6 Å². The molecule has 0 bridgehead atoms. The van der Waals surface area contributed by atoms with Crippen LogP contribution in [-0.2, 0) is 12.8 Å². The first-order chi connectivity index (χ1) is 13.1.